The summed E-state index contributed by atoms with van der Waals surface area (Å²) in [7, 11) is 0. The Morgan fingerprint density at radius 3 is 2.82 bits per heavy atom. The SMILES string of the molecule is CC=C1C(=O)Nc2cnc(Cl)nc2N1C(C)C. The van der Waals surface area contributed by atoms with E-state index in [0.29, 0.717) is 17.2 Å². The first kappa shape index (κ1) is 11.9. The van der Waals surface area contributed by atoms with Gasteiger partial charge in [-0.3, -0.25) is 4.79 Å². The van der Waals surface area contributed by atoms with Gasteiger partial charge in [0.15, 0.2) is 5.82 Å². The van der Waals surface area contributed by atoms with E-state index in [0.717, 1.165) is 0 Å². The Morgan fingerprint density at radius 2 is 2.24 bits per heavy atom. The largest absolute Gasteiger partial charge is 0.318 e. The number of nitrogens with one attached hydrogen (secondary N) is 1. The Bertz CT molecular complexity index is 498. The molecule has 2 rings (SSSR count). The average Bonchev–Trinajstić information content (AvgIpc) is 2.27. The van der Waals surface area contributed by atoms with Crippen LogP contribution < -0.4 is 10.2 Å². The van der Waals surface area contributed by atoms with Crippen molar-refractivity contribution in [3.63, 3.8) is 0 Å². The van der Waals surface area contributed by atoms with Crippen LogP contribution in [-0.4, -0.2) is 21.9 Å². The zero-order valence-corrected chi connectivity index (χ0v) is 10.6. The molecule has 6 heteroatoms. The molecule has 0 unspecified atom stereocenters. The maximum atomic E-state index is 11.9. The number of amides is 1. The van der Waals surface area contributed by atoms with Gasteiger partial charge < -0.3 is 10.2 Å². The van der Waals surface area contributed by atoms with Crippen molar-refractivity contribution in [3.8, 4) is 0 Å². The average molecular weight is 253 g/mol. The van der Waals surface area contributed by atoms with Gasteiger partial charge in [-0.1, -0.05) is 6.08 Å². The van der Waals surface area contributed by atoms with Crippen molar-refractivity contribution in [2.24, 2.45) is 0 Å². The van der Waals surface area contributed by atoms with E-state index < -0.39 is 0 Å². The van der Waals surface area contributed by atoms with Gasteiger partial charge in [0, 0.05) is 6.04 Å². The lowest BCUT2D eigenvalue weighted by molar-refractivity contribution is -0.113. The third-order valence-corrected chi connectivity index (χ3v) is 2.68. The maximum absolute atomic E-state index is 11.9. The van der Waals surface area contributed by atoms with Gasteiger partial charge in [-0.15, -0.1) is 0 Å². The minimum absolute atomic E-state index is 0.108. The van der Waals surface area contributed by atoms with Crippen molar-refractivity contribution in [3.05, 3.63) is 23.3 Å². The molecule has 5 nitrogen and oxygen atoms in total. The Balaban J connectivity index is 2.61. The van der Waals surface area contributed by atoms with Gasteiger partial charge >= 0.3 is 0 Å². The van der Waals surface area contributed by atoms with Gasteiger partial charge in [0.05, 0.1) is 6.20 Å². The van der Waals surface area contributed by atoms with Gasteiger partial charge in [0.2, 0.25) is 5.28 Å². The van der Waals surface area contributed by atoms with E-state index in [1.165, 1.54) is 6.20 Å². The third-order valence-electron chi connectivity index (χ3n) is 2.50. The molecule has 17 heavy (non-hydrogen) atoms. The molecular formula is C11H13ClN4O. The summed E-state index contributed by atoms with van der Waals surface area (Å²) in [6.45, 7) is 5.79. The standard InChI is InChI=1S/C11H13ClN4O/c1-4-8-10(17)14-7-5-13-11(12)15-9(7)16(8)6(2)3/h4-6H,1-3H3,(H,14,17). The van der Waals surface area contributed by atoms with E-state index in [9.17, 15) is 4.79 Å². The van der Waals surface area contributed by atoms with Crippen LogP contribution in [0.2, 0.25) is 5.28 Å². The highest BCUT2D eigenvalue weighted by molar-refractivity contribution is 6.28. The Labute approximate surface area is 105 Å². The number of halogens is 1. The van der Waals surface area contributed by atoms with E-state index in [2.05, 4.69) is 15.3 Å². The van der Waals surface area contributed by atoms with E-state index in [1.54, 1.807) is 6.08 Å². The van der Waals surface area contributed by atoms with Gasteiger partial charge in [-0.25, -0.2) is 4.98 Å². The van der Waals surface area contributed by atoms with Crippen LogP contribution in [0.4, 0.5) is 11.5 Å². The molecule has 1 aliphatic heterocycles. The van der Waals surface area contributed by atoms with Crippen LogP contribution in [0.25, 0.3) is 0 Å². The molecular weight excluding hydrogens is 240 g/mol. The number of nitrogens with zero attached hydrogens (tertiary/aromatic N) is 3. The molecule has 1 N–H and O–H groups in total. The van der Waals surface area contributed by atoms with Crippen molar-refractivity contribution in [1.29, 1.82) is 0 Å². The number of hydrogen-bond acceptors (Lipinski definition) is 4. The normalized spacial score (nSPS) is 17.4. The van der Waals surface area contributed by atoms with E-state index in [1.807, 2.05) is 25.7 Å². The monoisotopic (exact) mass is 252 g/mol. The minimum Gasteiger partial charge on any atom is -0.318 e. The predicted octanol–water partition coefficient (Wildman–Crippen LogP) is 2.20. The first-order valence-corrected chi connectivity index (χ1v) is 5.71. The first-order chi connectivity index (χ1) is 8.04. The second-order valence-corrected chi connectivity index (χ2v) is 4.31. The number of rotatable bonds is 1. The van der Waals surface area contributed by atoms with Gasteiger partial charge in [0.1, 0.15) is 11.4 Å². The second kappa shape index (κ2) is 4.33. The van der Waals surface area contributed by atoms with Gasteiger partial charge in [0.25, 0.3) is 5.91 Å². The summed E-state index contributed by atoms with van der Waals surface area (Å²) in [5.74, 6) is 0.479. The number of aromatic nitrogens is 2. The number of anilines is 2. The van der Waals surface area contributed by atoms with Crippen LogP contribution in [0, 0.1) is 0 Å². The summed E-state index contributed by atoms with van der Waals surface area (Å²) in [6.07, 6.45) is 3.28. The summed E-state index contributed by atoms with van der Waals surface area (Å²) < 4.78 is 0. The van der Waals surface area contributed by atoms with Crippen molar-refractivity contribution in [2.75, 3.05) is 10.2 Å². The Morgan fingerprint density at radius 1 is 1.53 bits per heavy atom. The smallest absolute Gasteiger partial charge is 0.272 e. The first-order valence-electron chi connectivity index (χ1n) is 5.34. The summed E-state index contributed by atoms with van der Waals surface area (Å²) >= 11 is 5.79. The molecule has 0 aromatic carbocycles. The highest BCUT2D eigenvalue weighted by Gasteiger charge is 2.30. The lowest BCUT2D eigenvalue weighted by atomic mass is 10.2. The molecule has 1 aromatic heterocycles. The van der Waals surface area contributed by atoms with Crippen LogP contribution in [0.1, 0.15) is 20.8 Å². The molecule has 0 spiro atoms. The van der Waals surface area contributed by atoms with Crippen molar-refractivity contribution < 1.29 is 4.79 Å². The van der Waals surface area contributed by atoms with Crippen molar-refractivity contribution in [2.45, 2.75) is 26.8 Å². The quantitative estimate of drug-likeness (QED) is 0.615. The lowest BCUT2D eigenvalue weighted by Crippen LogP contribution is -2.41. The number of carbonyl (C=O) groups is 1. The van der Waals surface area contributed by atoms with Crippen LogP contribution in [0.3, 0.4) is 0 Å². The molecule has 0 aliphatic carbocycles. The lowest BCUT2D eigenvalue weighted by Gasteiger charge is -2.34. The second-order valence-electron chi connectivity index (χ2n) is 3.97. The molecule has 0 saturated carbocycles. The summed E-state index contributed by atoms with van der Waals surface area (Å²) in [6, 6.07) is 0.108. The number of fused-ring (bicyclic) bond motifs is 1. The number of hydrogen-bond donors (Lipinski definition) is 1. The van der Waals surface area contributed by atoms with Crippen molar-refractivity contribution >= 4 is 29.0 Å². The molecule has 0 bridgehead atoms. The molecule has 0 saturated heterocycles. The molecule has 1 aromatic rings. The van der Waals surface area contributed by atoms with E-state index in [4.69, 9.17) is 11.6 Å². The van der Waals surface area contributed by atoms with Crippen LogP contribution in [0.5, 0.6) is 0 Å². The Kier molecular flexibility index (Phi) is 3.02. The maximum Gasteiger partial charge on any atom is 0.272 e. The van der Waals surface area contributed by atoms with Crippen LogP contribution >= 0.6 is 11.6 Å². The van der Waals surface area contributed by atoms with Gasteiger partial charge in [-0.2, -0.15) is 4.98 Å². The van der Waals surface area contributed by atoms with E-state index >= 15 is 0 Å². The minimum atomic E-state index is -0.153. The molecule has 0 atom stereocenters. The number of allylic oxidation sites excluding steroid dienone is 1. The summed E-state index contributed by atoms with van der Waals surface area (Å²) in [4.78, 5) is 21.8. The number of carbonyl (C=O) groups excluding carboxylic acids is 1. The Hall–Kier alpha value is -1.62. The molecule has 1 aliphatic rings. The zero-order valence-electron chi connectivity index (χ0n) is 9.86. The fourth-order valence-corrected chi connectivity index (χ4v) is 1.96. The van der Waals surface area contributed by atoms with Crippen LogP contribution in [0.15, 0.2) is 18.0 Å². The zero-order chi connectivity index (χ0) is 12.6. The predicted molar refractivity (Wildman–Crippen MR) is 67.0 cm³/mol. The molecule has 1 amide bonds. The molecule has 2 heterocycles. The van der Waals surface area contributed by atoms with Crippen LogP contribution in [-0.2, 0) is 4.79 Å². The fourth-order valence-electron chi connectivity index (χ4n) is 1.83. The highest BCUT2D eigenvalue weighted by Crippen LogP contribution is 2.33. The van der Waals surface area contributed by atoms with Gasteiger partial charge in [-0.05, 0) is 32.4 Å². The molecule has 0 fully saturated rings. The molecule has 0 radical (unpaired) electrons. The third kappa shape index (κ3) is 1.98. The summed E-state index contributed by atoms with van der Waals surface area (Å²) in [5, 5.41) is 2.91. The fraction of sp³-hybridized carbons (Fsp3) is 0.364. The van der Waals surface area contributed by atoms with Crippen molar-refractivity contribution in [1.82, 2.24) is 9.97 Å². The molecule has 90 valence electrons. The highest BCUT2D eigenvalue weighted by atomic mass is 35.5. The summed E-state index contributed by atoms with van der Waals surface area (Å²) in [5.41, 5.74) is 1.15. The topological polar surface area (TPSA) is 58.1 Å². The van der Waals surface area contributed by atoms with E-state index in [-0.39, 0.29) is 17.2 Å².